The van der Waals surface area contributed by atoms with Crippen LogP contribution in [0.15, 0.2) is 43.5 Å². The molecule has 0 aromatic rings. The molecule has 3 aliphatic heterocycles. The minimum atomic E-state index is -1.04. The lowest BCUT2D eigenvalue weighted by Gasteiger charge is -2.43. The Labute approximate surface area is 190 Å². The summed E-state index contributed by atoms with van der Waals surface area (Å²) < 4.78 is 0. The summed E-state index contributed by atoms with van der Waals surface area (Å²) >= 11 is 0. The Kier molecular flexibility index (Phi) is 6.15. The Balaban J connectivity index is 2.26. The molecule has 0 saturated carbocycles. The number of rotatable bonds is 2. The van der Waals surface area contributed by atoms with Crippen molar-refractivity contribution in [1.82, 2.24) is 10.6 Å². The Hall–Kier alpha value is -4.67. The first kappa shape index (κ1) is 23.0. The van der Waals surface area contributed by atoms with Gasteiger partial charge in [0.15, 0.2) is 22.8 Å². The fourth-order valence-electron chi connectivity index (χ4n) is 3.90. The molecule has 3 aliphatic rings. The maximum Gasteiger partial charge on any atom is 0.174 e. The zero-order valence-electron chi connectivity index (χ0n) is 17.8. The fraction of sp³-hybridized carbons (Fsp3) is 0.381. The minimum Gasteiger partial charge on any atom is -0.363 e. The number of hydrogen-bond acceptors (Lipinski definition) is 12. The molecule has 33 heavy (non-hydrogen) atoms. The van der Waals surface area contributed by atoms with E-state index in [1.54, 1.807) is 19.9 Å². The number of allylic oxidation sites excluding steroid dienone is 3. The van der Waals surface area contributed by atoms with Crippen LogP contribution in [0.4, 0.5) is 0 Å². The molecular weight excluding hydrogens is 420 g/mol. The highest BCUT2D eigenvalue weighted by atomic mass is 15.3. The maximum atomic E-state index is 9.60. The van der Waals surface area contributed by atoms with Gasteiger partial charge < -0.3 is 11.1 Å². The molecule has 0 radical (unpaired) electrons. The first-order valence-electron chi connectivity index (χ1n) is 9.74. The number of nitrogens with zero attached hydrogens (tertiary/aromatic N) is 9. The summed E-state index contributed by atoms with van der Waals surface area (Å²) in [5.41, 5.74) is 5.80. The van der Waals surface area contributed by atoms with Crippen LogP contribution in [0.25, 0.3) is 0 Å². The minimum absolute atomic E-state index is 0.0192. The van der Waals surface area contributed by atoms with Gasteiger partial charge in [0, 0.05) is 6.04 Å². The van der Waals surface area contributed by atoms with Crippen molar-refractivity contribution in [1.29, 1.82) is 26.3 Å². The smallest absolute Gasteiger partial charge is 0.174 e. The van der Waals surface area contributed by atoms with E-state index < -0.39 is 30.0 Å². The van der Waals surface area contributed by atoms with Crippen LogP contribution in [0.5, 0.6) is 0 Å². The van der Waals surface area contributed by atoms with E-state index in [9.17, 15) is 21.0 Å². The van der Waals surface area contributed by atoms with Crippen LogP contribution in [0.2, 0.25) is 0 Å². The van der Waals surface area contributed by atoms with Gasteiger partial charge in [0.2, 0.25) is 0 Å². The van der Waals surface area contributed by atoms with Gasteiger partial charge in [-0.1, -0.05) is 6.58 Å². The highest BCUT2D eigenvalue weighted by Crippen LogP contribution is 2.30. The van der Waals surface area contributed by atoms with Crippen molar-refractivity contribution in [3.05, 3.63) is 23.5 Å². The summed E-state index contributed by atoms with van der Waals surface area (Å²) in [4.78, 5) is 17.8. The molecule has 4 N–H and O–H groups in total. The van der Waals surface area contributed by atoms with Crippen LogP contribution >= 0.6 is 0 Å². The largest absolute Gasteiger partial charge is 0.363 e. The van der Waals surface area contributed by atoms with E-state index in [0.717, 1.165) is 0 Å². The molecule has 0 amide bonds. The van der Waals surface area contributed by atoms with Crippen molar-refractivity contribution < 1.29 is 0 Å². The van der Waals surface area contributed by atoms with Gasteiger partial charge in [0.25, 0.3) is 0 Å². The lowest BCUT2D eigenvalue weighted by molar-refractivity contribution is 0.304. The third-order valence-corrected chi connectivity index (χ3v) is 5.49. The molecule has 0 spiro atoms. The van der Waals surface area contributed by atoms with Gasteiger partial charge in [0.05, 0.1) is 22.5 Å². The number of nitrogens with two attached hydrogens (primary N) is 1. The monoisotopic (exact) mass is 438 g/mol. The normalized spacial score (nSPS) is 31.0. The van der Waals surface area contributed by atoms with Gasteiger partial charge in [-0.05, 0) is 20.3 Å². The lowest BCUT2D eigenvalue weighted by atomic mass is 9.80. The van der Waals surface area contributed by atoms with E-state index in [0.29, 0.717) is 11.4 Å². The second-order valence-corrected chi connectivity index (χ2v) is 7.76. The average Bonchev–Trinajstić information content (AvgIpc) is 2.96. The van der Waals surface area contributed by atoms with Crippen LogP contribution in [-0.4, -0.2) is 52.8 Å². The first-order chi connectivity index (χ1) is 15.7. The number of aliphatic imine (C=N–C) groups is 4. The molecular formula is C21H18N12. The summed E-state index contributed by atoms with van der Waals surface area (Å²) in [6, 6.07) is 7.91. The average molecular weight is 438 g/mol. The molecule has 3 heterocycles. The second-order valence-electron chi connectivity index (χ2n) is 7.76. The Morgan fingerprint density at radius 1 is 1.15 bits per heavy atom. The molecule has 1 saturated heterocycles. The molecule has 12 heteroatoms. The SMILES string of the molecule is C=C(C#N)/C(C#N)=N\C1C(N)CC2(C)NC(C#N)=C(C#N)N=C2C2N=C(C#N)C(C)=NC1N2. The number of hydrogen-bond donors (Lipinski definition) is 3. The molecule has 3 rings (SSSR count). The van der Waals surface area contributed by atoms with Crippen molar-refractivity contribution >= 4 is 22.8 Å². The van der Waals surface area contributed by atoms with Crippen LogP contribution in [0.3, 0.4) is 0 Å². The van der Waals surface area contributed by atoms with Crippen molar-refractivity contribution in [3.63, 3.8) is 0 Å². The summed E-state index contributed by atoms with van der Waals surface area (Å²) in [6.45, 7) is 6.91. The van der Waals surface area contributed by atoms with Gasteiger partial charge in [-0.25, -0.2) is 9.98 Å². The molecule has 1 fully saturated rings. The summed E-state index contributed by atoms with van der Waals surface area (Å²) in [6.07, 6.45) is -1.56. The molecule has 0 aromatic carbocycles. The quantitative estimate of drug-likeness (QED) is 0.388. The zero-order valence-corrected chi connectivity index (χ0v) is 17.8. The predicted octanol–water partition coefficient (Wildman–Crippen LogP) is -0.127. The lowest BCUT2D eigenvalue weighted by Crippen LogP contribution is -2.66. The summed E-state index contributed by atoms with van der Waals surface area (Å²) in [7, 11) is 0. The van der Waals surface area contributed by atoms with E-state index in [4.69, 9.17) is 11.0 Å². The number of fused-ring (bicyclic) bond motifs is 4. The molecule has 162 valence electrons. The van der Waals surface area contributed by atoms with E-state index in [-0.39, 0.29) is 34.8 Å². The molecule has 12 nitrogen and oxygen atoms in total. The van der Waals surface area contributed by atoms with Crippen LogP contribution in [-0.2, 0) is 0 Å². The second kappa shape index (κ2) is 8.83. The van der Waals surface area contributed by atoms with Crippen molar-refractivity contribution in [2.75, 3.05) is 0 Å². The molecule has 5 atom stereocenters. The topological polar surface area (TPSA) is 218 Å². The molecule has 0 aromatic heterocycles. The number of nitriles is 5. The van der Waals surface area contributed by atoms with Crippen molar-refractivity contribution in [3.8, 4) is 30.3 Å². The van der Waals surface area contributed by atoms with E-state index in [2.05, 4.69) is 37.2 Å². The van der Waals surface area contributed by atoms with Gasteiger partial charge >= 0.3 is 0 Å². The summed E-state index contributed by atoms with van der Waals surface area (Å²) in [5.74, 6) is 0. The highest BCUT2D eigenvalue weighted by molar-refractivity contribution is 6.47. The van der Waals surface area contributed by atoms with Crippen LogP contribution < -0.4 is 16.4 Å². The highest BCUT2D eigenvalue weighted by Gasteiger charge is 2.47. The zero-order chi connectivity index (χ0) is 24.3. The van der Waals surface area contributed by atoms with Gasteiger partial charge in [-0.2, -0.15) is 26.3 Å². The van der Waals surface area contributed by atoms with Crippen LogP contribution in [0.1, 0.15) is 20.3 Å². The van der Waals surface area contributed by atoms with Crippen molar-refractivity contribution in [2.24, 2.45) is 25.7 Å². The first-order valence-corrected chi connectivity index (χ1v) is 9.74. The summed E-state index contributed by atoms with van der Waals surface area (Å²) in [5, 5.41) is 53.4. The third-order valence-electron chi connectivity index (χ3n) is 5.49. The number of nitrogens with one attached hydrogen (secondary N) is 2. The van der Waals surface area contributed by atoms with Gasteiger partial charge in [0.1, 0.15) is 48.7 Å². The Bertz CT molecular complexity index is 1280. The van der Waals surface area contributed by atoms with Crippen molar-refractivity contribution in [2.45, 2.75) is 50.2 Å². The predicted molar refractivity (Wildman–Crippen MR) is 118 cm³/mol. The standard InChI is InChI=1S/C21H18N12/c1-10(5-22)13(6-23)29-17-12(27)4-21(3)18(30-15(8-25)16(9-26)33-21)20-31-14(7-24)11(2)28-19(17)32-20/h12,17,19-20,32-33H,1,4,27H2,2-3H3/b29-13-. The third kappa shape index (κ3) is 4.11. The van der Waals surface area contributed by atoms with Crippen LogP contribution in [0, 0.1) is 56.7 Å². The van der Waals surface area contributed by atoms with Gasteiger partial charge in [-0.15, -0.1) is 0 Å². The van der Waals surface area contributed by atoms with Gasteiger partial charge in [-0.3, -0.25) is 15.3 Å². The van der Waals surface area contributed by atoms with E-state index in [1.165, 1.54) is 0 Å². The maximum absolute atomic E-state index is 9.60. The fourth-order valence-corrected chi connectivity index (χ4v) is 3.90. The van der Waals surface area contributed by atoms with E-state index >= 15 is 0 Å². The Morgan fingerprint density at radius 3 is 2.45 bits per heavy atom. The molecule has 0 aliphatic carbocycles. The molecule has 2 bridgehead atoms. The molecule has 5 unspecified atom stereocenters. The Morgan fingerprint density at radius 2 is 1.88 bits per heavy atom. The van der Waals surface area contributed by atoms with E-state index in [1.807, 2.05) is 24.3 Å².